The largest absolute Gasteiger partial charge is 0.464 e. The smallest absolute Gasteiger partial charge is 0.340 e. The first-order valence-electron chi connectivity index (χ1n) is 6.18. The summed E-state index contributed by atoms with van der Waals surface area (Å²) in [6.45, 7) is 2.00. The number of carbonyl (C=O) groups is 1. The summed E-state index contributed by atoms with van der Waals surface area (Å²) in [5, 5.41) is 9.84. The highest BCUT2D eigenvalue weighted by molar-refractivity contribution is 7.12. The molecule has 0 aliphatic heterocycles. The van der Waals surface area contributed by atoms with Crippen LogP contribution in [0, 0.1) is 0 Å². The van der Waals surface area contributed by atoms with Crippen LogP contribution in [-0.4, -0.2) is 17.7 Å². The molecule has 1 heterocycles. The van der Waals surface area contributed by atoms with Gasteiger partial charge in [-0.1, -0.05) is 30.3 Å². The second-order valence-electron chi connectivity index (χ2n) is 4.12. The Kier molecular flexibility index (Phi) is 4.71. The van der Waals surface area contributed by atoms with Crippen molar-refractivity contribution in [2.24, 2.45) is 0 Å². The fourth-order valence-electron chi connectivity index (χ4n) is 1.77. The van der Waals surface area contributed by atoms with Gasteiger partial charge >= 0.3 is 5.97 Å². The van der Waals surface area contributed by atoms with Crippen molar-refractivity contribution in [3.63, 3.8) is 0 Å². The van der Waals surface area contributed by atoms with Gasteiger partial charge in [0.05, 0.1) is 6.61 Å². The number of hydrogen-bond donors (Lipinski definition) is 1. The topological polar surface area (TPSA) is 46.5 Å². The first-order valence-corrected chi connectivity index (χ1v) is 6.99. The molecule has 0 spiro atoms. The molecule has 1 atom stereocenters. The molecule has 3 nitrogen and oxygen atoms in total. The van der Waals surface area contributed by atoms with Crippen LogP contribution in [0.3, 0.4) is 0 Å². The molecule has 0 bridgehead atoms. The molecule has 1 N–H and O–H groups in total. The van der Waals surface area contributed by atoms with E-state index < -0.39 is 12.1 Å². The fourth-order valence-corrected chi connectivity index (χ4v) is 2.79. The monoisotopic (exact) mass is 276 g/mol. The van der Waals surface area contributed by atoms with E-state index in [1.807, 2.05) is 24.3 Å². The lowest BCUT2D eigenvalue weighted by Crippen LogP contribution is -2.14. The van der Waals surface area contributed by atoms with Gasteiger partial charge in [-0.05, 0) is 24.6 Å². The molecule has 0 radical (unpaired) electrons. The van der Waals surface area contributed by atoms with Gasteiger partial charge in [0.15, 0.2) is 6.10 Å². The first kappa shape index (κ1) is 13.8. The van der Waals surface area contributed by atoms with Gasteiger partial charge in [0.25, 0.3) is 0 Å². The van der Waals surface area contributed by atoms with Gasteiger partial charge in [-0.25, -0.2) is 4.79 Å². The van der Waals surface area contributed by atoms with Crippen molar-refractivity contribution in [3.8, 4) is 0 Å². The molecule has 1 unspecified atom stereocenters. The van der Waals surface area contributed by atoms with Gasteiger partial charge in [-0.15, -0.1) is 11.3 Å². The first-order chi connectivity index (χ1) is 9.20. The van der Waals surface area contributed by atoms with Crippen LogP contribution in [0.2, 0.25) is 0 Å². The molecule has 2 rings (SSSR count). The van der Waals surface area contributed by atoms with Crippen LogP contribution in [0.25, 0.3) is 0 Å². The van der Waals surface area contributed by atoms with Crippen molar-refractivity contribution in [2.45, 2.75) is 19.4 Å². The van der Waals surface area contributed by atoms with Gasteiger partial charge in [0.1, 0.15) is 0 Å². The average Bonchev–Trinajstić information content (AvgIpc) is 2.88. The lowest BCUT2D eigenvalue weighted by atomic mass is 10.1. The Balaban J connectivity index is 2.05. The lowest BCUT2D eigenvalue weighted by molar-refractivity contribution is -0.153. The number of aliphatic hydroxyl groups is 1. The van der Waals surface area contributed by atoms with Gasteiger partial charge in [-0.3, -0.25) is 0 Å². The zero-order valence-electron chi connectivity index (χ0n) is 10.7. The van der Waals surface area contributed by atoms with Gasteiger partial charge in [0, 0.05) is 16.2 Å². The Labute approximate surface area is 116 Å². The van der Waals surface area contributed by atoms with Gasteiger partial charge < -0.3 is 9.84 Å². The predicted octanol–water partition coefficient (Wildman–Crippen LogP) is 2.94. The minimum absolute atomic E-state index is 0.276. The van der Waals surface area contributed by atoms with E-state index in [0.717, 1.165) is 11.3 Å². The Morgan fingerprint density at radius 2 is 2.00 bits per heavy atom. The molecule has 0 saturated heterocycles. The van der Waals surface area contributed by atoms with Crippen LogP contribution in [0.5, 0.6) is 0 Å². The van der Waals surface area contributed by atoms with E-state index >= 15 is 0 Å². The highest BCUT2D eigenvalue weighted by Crippen LogP contribution is 2.26. The SMILES string of the molecule is CCOC(=O)C(O)c1ccc(Cc2ccccc2)s1. The third-order valence-corrected chi connectivity index (χ3v) is 3.82. The molecular formula is C15H16O3S. The fraction of sp³-hybridized carbons (Fsp3) is 0.267. The molecule has 0 aliphatic carbocycles. The second-order valence-corrected chi connectivity index (χ2v) is 5.32. The molecular weight excluding hydrogens is 260 g/mol. The molecule has 0 amide bonds. The quantitative estimate of drug-likeness (QED) is 0.854. The number of hydrogen-bond acceptors (Lipinski definition) is 4. The third-order valence-electron chi connectivity index (χ3n) is 2.68. The molecule has 100 valence electrons. The standard InChI is InChI=1S/C15H16O3S/c1-2-18-15(17)14(16)13-9-8-12(19-13)10-11-6-4-3-5-7-11/h3-9,14,16H,2,10H2,1H3. The number of esters is 1. The number of benzene rings is 1. The maximum Gasteiger partial charge on any atom is 0.340 e. The minimum Gasteiger partial charge on any atom is -0.464 e. The molecule has 1 aromatic carbocycles. The lowest BCUT2D eigenvalue weighted by Gasteiger charge is -2.06. The Hall–Kier alpha value is -1.65. The van der Waals surface area contributed by atoms with E-state index in [1.165, 1.54) is 16.9 Å². The zero-order chi connectivity index (χ0) is 13.7. The molecule has 0 saturated carbocycles. The van der Waals surface area contributed by atoms with E-state index in [4.69, 9.17) is 4.74 Å². The number of aliphatic hydroxyl groups excluding tert-OH is 1. The summed E-state index contributed by atoms with van der Waals surface area (Å²) in [6, 6.07) is 13.8. The van der Waals surface area contributed by atoms with Crippen LogP contribution in [0.1, 0.15) is 28.3 Å². The summed E-state index contributed by atoms with van der Waals surface area (Å²) in [5.74, 6) is -0.587. The molecule has 4 heteroatoms. The van der Waals surface area contributed by atoms with Crippen LogP contribution in [0.15, 0.2) is 42.5 Å². The van der Waals surface area contributed by atoms with Crippen LogP contribution >= 0.6 is 11.3 Å². The number of rotatable bonds is 5. The average molecular weight is 276 g/mol. The summed E-state index contributed by atoms with van der Waals surface area (Å²) in [5.41, 5.74) is 1.21. The van der Waals surface area contributed by atoms with Gasteiger partial charge in [-0.2, -0.15) is 0 Å². The predicted molar refractivity (Wildman–Crippen MR) is 75.2 cm³/mol. The highest BCUT2D eigenvalue weighted by Gasteiger charge is 2.20. The molecule has 0 aliphatic rings. The number of ether oxygens (including phenoxy) is 1. The van der Waals surface area contributed by atoms with E-state index in [-0.39, 0.29) is 6.61 Å². The van der Waals surface area contributed by atoms with E-state index in [0.29, 0.717) is 4.88 Å². The van der Waals surface area contributed by atoms with E-state index in [9.17, 15) is 9.90 Å². The highest BCUT2D eigenvalue weighted by atomic mass is 32.1. The van der Waals surface area contributed by atoms with Crippen LogP contribution < -0.4 is 0 Å². The second kappa shape index (κ2) is 6.50. The van der Waals surface area contributed by atoms with Crippen LogP contribution in [-0.2, 0) is 16.0 Å². The van der Waals surface area contributed by atoms with Crippen molar-refractivity contribution in [3.05, 3.63) is 57.8 Å². The van der Waals surface area contributed by atoms with Crippen molar-refractivity contribution in [1.82, 2.24) is 0 Å². The van der Waals surface area contributed by atoms with Crippen molar-refractivity contribution < 1.29 is 14.6 Å². The number of thiophene rings is 1. The summed E-state index contributed by atoms with van der Waals surface area (Å²) in [6.07, 6.45) is -0.365. The summed E-state index contributed by atoms with van der Waals surface area (Å²) < 4.78 is 4.80. The van der Waals surface area contributed by atoms with Crippen molar-refractivity contribution in [2.75, 3.05) is 6.61 Å². The zero-order valence-corrected chi connectivity index (χ0v) is 11.5. The summed E-state index contributed by atoms with van der Waals surface area (Å²) in [4.78, 5) is 13.2. The molecule has 1 aromatic heterocycles. The molecule has 19 heavy (non-hydrogen) atoms. The van der Waals surface area contributed by atoms with Gasteiger partial charge in [0.2, 0.25) is 0 Å². The Bertz CT molecular complexity index is 533. The number of carbonyl (C=O) groups excluding carboxylic acids is 1. The Morgan fingerprint density at radius 3 is 2.68 bits per heavy atom. The normalized spacial score (nSPS) is 12.1. The maximum atomic E-state index is 11.4. The van der Waals surface area contributed by atoms with E-state index in [2.05, 4.69) is 12.1 Å². The van der Waals surface area contributed by atoms with Crippen molar-refractivity contribution in [1.29, 1.82) is 0 Å². The summed E-state index contributed by atoms with van der Waals surface area (Å²) >= 11 is 1.44. The minimum atomic E-state index is -1.17. The summed E-state index contributed by atoms with van der Waals surface area (Å²) in [7, 11) is 0. The van der Waals surface area contributed by atoms with Crippen LogP contribution in [0.4, 0.5) is 0 Å². The third kappa shape index (κ3) is 3.66. The maximum absolute atomic E-state index is 11.4. The Morgan fingerprint density at radius 1 is 1.26 bits per heavy atom. The van der Waals surface area contributed by atoms with Crippen molar-refractivity contribution >= 4 is 17.3 Å². The molecule has 0 fully saturated rings. The molecule has 2 aromatic rings. The van der Waals surface area contributed by atoms with E-state index in [1.54, 1.807) is 13.0 Å².